The number of morpholine rings is 1. The molecule has 1 N–H and O–H groups in total. The summed E-state index contributed by atoms with van der Waals surface area (Å²) in [7, 11) is 0. The Morgan fingerprint density at radius 3 is 2.71 bits per heavy atom. The van der Waals surface area contributed by atoms with Crippen molar-refractivity contribution in [3.05, 3.63) is 0 Å². The van der Waals surface area contributed by atoms with Crippen molar-refractivity contribution in [3.8, 4) is 0 Å². The van der Waals surface area contributed by atoms with Crippen LogP contribution in [-0.4, -0.2) is 49.0 Å². The highest BCUT2D eigenvalue weighted by Crippen LogP contribution is 2.09. The Morgan fingerprint density at radius 1 is 1.43 bits per heavy atom. The highest BCUT2D eigenvalue weighted by molar-refractivity contribution is 4.70. The number of aliphatic hydroxyl groups is 1. The molecule has 86 valence electrons. The van der Waals surface area contributed by atoms with Crippen LogP contribution in [0.2, 0.25) is 0 Å². The molecule has 1 aliphatic heterocycles. The Bertz CT molecular complexity index is 104. The average molecular weight is 203 g/mol. The summed E-state index contributed by atoms with van der Waals surface area (Å²) in [6, 6.07) is 0. The normalized spacial score (nSPS) is 22.7. The summed E-state index contributed by atoms with van der Waals surface area (Å²) in [6.07, 6.45) is 2.72. The lowest BCUT2D eigenvalue weighted by atomic mass is 10.2. The van der Waals surface area contributed by atoms with Crippen molar-refractivity contribution >= 4 is 0 Å². The van der Waals surface area contributed by atoms with Gasteiger partial charge in [-0.1, -0.05) is 27.2 Å². The lowest BCUT2D eigenvalue weighted by molar-refractivity contribution is -0.0357. The summed E-state index contributed by atoms with van der Waals surface area (Å²) in [5, 5.41) is 8.75. The van der Waals surface area contributed by atoms with E-state index in [0.29, 0.717) is 6.10 Å². The fraction of sp³-hybridized carbons (Fsp3) is 1.00. The van der Waals surface area contributed by atoms with Crippen LogP contribution in [0.4, 0.5) is 0 Å². The number of nitrogens with zero attached hydrogens (tertiary/aromatic N) is 1. The number of aliphatic hydroxyl groups excluding tert-OH is 1. The molecule has 1 unspecified atom stereocenters. The topological polar surface area (TPSA) is 32.7 Å². The minimum Gasteiger partial charge on any atom is -0.395 e. The molecule has 0 aliphatic carbocycles. The molecule has 14 heavy (non-hydrogen) atoms. The number of hydrogen-bond acceptors (Lipinski definition) is 3. The van der Waals surface area contributed by atoms with Gasteiger partial charge in [-0.15, -0.1) is 0 Å². The zero-order valence-electron chi connectivity index (χ0n) is 9.83. The van der Waals surface area contributed by atoms with Gasteiger partial charge in [0, 0.05) is 19.6 Å². The standard InChI is InChI=1S/C9H19NO2.C2H6/c1-2-3-9-8-10(4-6-11)5-7-12-9;1-2/h9,11H,2-8H2,1H3;1-2H3. The largest absolute Gasteiger partial charge is 0.395 e. The molecule has 0 bridgehead atoms. The van der Waals surface area contributed by atoms with Crippen LogP contribution >= 0.6 is 0 Å². The van der Waals surface area contributed by atoms with E-state index in [9.17, 15) is 0 Å². The van der Waals surface area contributed by atoms with Crippen LogP contribution in [-0.2, 0) is 4.74 Å². The summed E-state index contributed by atoms with van der Waals surface area (Å²) in [4.78, 5) is 2.27. The summed E-state index contributed by atoms with van der Waals surface area (Å²) >= 11 is 0. The Hall–Kier alpha value is -0.120. The van der Waals surface area contributed by atoms with E-state index in [4.69, 9.17) is 9.84 Å². The molecule has 0 aromatic carbocycles. The molecule has 1 fully saturated rings. The summed E-state index contributed by atoms with van der Waals surface area (Å²) in [5.74, 6) is 0. The molecule has 0 spiro atoms. The smallest absolute Gasteiger partial charge is 0.0702 e. The number of β-amino-alcohol motifs (C(OH)–C–C–N with tert-alkyl or cyclic N) is 1. The van der Waals surface area contributed by atoms with Crippen molar-refractivity contribution in [1.29, 1.82) is 0 Å². The molecular weight excluding hydrogens is 178 g/mol. The van der Waals surface area contributed by atoms with Crippen LogP contribution < -0.4 is 0 Å². The second kappa shape index (κ2) is 9.44. The van der Waals surface area contributed by atoms with Crippen molar-refractivity contribution in [2.45, 2.75) is 39.7 Å². The third-order valence-electron chi connectivity index (χ3n) is 2.25. The first-order valence-electron chi connectivity index (χ1n) is 5.81. The van der Waals surface area contributed by atoms with Gasteiger partial charge in [-0.25, -0.2) is 0 Å². The van der Waals surface area contributed by atoms with Gasteiger partial charge in [0.05, 0.1) is 19.3 Å². The third kappa shape index (κ3) is 5.58. The highest BCUT2D eigenvalue weighted by atomic mass is 16.5. The van der Waals surface area contributed by atoms with Crippen LogP contribution in [0.3, 0.4) is 0 Å². The minimum atomic E-state index is 0.263. The van der Waals surface area contributed by atoms with E-state index in [2.05, 4.69) is 11.8 Å². The molecular formula is C11H25NO2. The van der Waals surface area contributed by atoms with Gasteiger partial charge in [0.15, 0.2) is 0 Å². The Labute approximate surface area is 88.1 Å². The Balaban J connectivity index is 0.000000791. The predicted molar refractivity (Wildman–Crippen MR) is 59.5 cm³/mol. The van der Waals surface area contributed by atoms with E-state index >= 15 is 0 Å². The van der Waals surface area contributed by atoms with Gasteiger partial charge < -0.3 is 9.84 Å². The van der Waals surface area contributed by atoms with Crippen LogP contribution in [0.1, 0.15) is 33.6 Å². The fourth-order valence-corrected chi connectivity index (χ4v) is 1.62. The second-order valence-electron chi connectivity index (χ2n) is 3.31. The van der Waals surface area contributed by atoms with E-state index in [1.807, 2.05) is 13.8 Å². The molecule has 0 aromatic heterocycles. The molecule has 1 atom stereocenters. The van der Waals surface area contributed by atoms with Crippen molar-refractivity contribution in [1.82, 2.24) is 4.90 Å². The molecule has 1 aliphatic rings. The molecule has 0 amide bonds. The van der Waals surface area contributed by atoms with Crippen molar-refractivity contribution in [2.24, 2.45) is 0 Å². The second-order valence-corrected chi connectivity index (χ2v) is 3.31. The monoisotopic (exact) mass is 203 g/mol. The number of ether oxygens (including phenoxy) is 1. The minimum absolute atomic E-state index is 0.263. The zero-order valence-corrected chi connectivity index (χ0v) is 9.83. The molecule has 3 nitrogen and oxygen atoms in total. The van der Waals surface area contributed by atoms with Crippen LogP contribution in [0.5, 0.6) is 0 Å². The summed E-state index contributed by atoms with van der Waals surface area (Å²) in [5.41, 5.74) is 0. The van der Waals surface area contributed by atoms with Gasteiger partial charge in [0.2, 0.25) is 0 Å². The summed E-state index contributed by atoms with van der Waals surface area (Å²) < 4.78 is 5.57. The predicted octanol–water partition coefficient (Wildman–Crippen LogP) is 1.51. The quantitative estimate of drug-likeness (QED) is 0.751. The van der Waals surface area contributed by atoms with E-state index in [1.54, 1.807) is 0 Å². The van der Waals surface area contributed by atoms with Gasteiger partial charge >= 0.3 is 0 Å². The van der Waals surface area contributed by atoms with Gasteiger partial charge in [0.1, 0.15) is 0 Å². The van der Waals surface area contributed by atoms with E-state index < -0.39 is 0 Å². The van der Waals surface area contributed by atoms with Gasteiger partial charge in [0.25, 0.3) is 0 Å². The van der Waals surface area contributed by atoms with Gasteiger partial charge in [-0.05, 0) is 6.42 Å². The fourth-order valence-electron chi connectivity index (χ4n) is 1.62. The van der Waals surface area contributed by atoms with Crippen molar-refractivity contribution < 1.29 is 9.84 Å². The molecule has 0 aromatic rings. The molecule has 1 saturated heterocycles. The maximum Gasteiger partial charge on any atom is 0.0702 e. The van der Waals surface area contributed by atoms with Gasteiger partial charge in [-0.3, -0.25) is 4.90 Å². The average Bonchev–Trinajstić information content (AvgIpc) is 2.22. The first kappa shape index (κ1) is 13.9. The summed E-state index contributed by atoms with van der Waals surface area (Å²) in [6.45, 7) is 10.0. The molecule has 0 saturated carbocycles. The maximum absolute atomic E-state index is 8.75. The van der Waals surface area contributed by atoms with E-state index in [0.717, 1.165) is 32.7 Å². The lowest BCUT2D eigenvalue weighted by Gasteiger charge is -2.32. The highest BCUT2D eigenvalue weighted by Gasteiger charge is 2.18. The lowest BCUT2D eigenvalue weighted by Crippen LogP contribution is -2.43. The van der Waals surface area contributed by atoms with Crippen molar-refractivity contribution in [2.75, 3.05) is 32.8 Å². The Morgan fingerprint density at radius 2 is 2.14 bits per heavy atom. The molecule has 1 rings (SSSR count). The van der Waals surface area contributed by atoms with Crippen LogP contribution in [0.25, 0.3) is 0 Å². The van der Waals surface area contributed by atoms with Crippen molar-refractivity contribution in [3.63, 3.8) is 0 Å². The molecule has 3 heteroatoms. The van der Waals surface area contributed by atoms with Gasteiger partial charge in [-0.2, -0.15) is 0 Å². The van der Waals surface area contributed by atoms with E-state index in [1.165, 1.54) is 6.42 Å². The third-order valence-corrected chi connectivity index (χ3v) is 2.25. The number of rotatable bonds is 4. The first-order chi connectivity index (χ1) is 6.86. The SMILES string of the molecule is CC.CCCC1CN(CCO)CCO1. The number of hydrogen-bond donors (Lipinski definition) is 1. The Kier molecular flexibility index (Phi) is 9.35. The zero-order chi connectivity index (χ0) is 10.8. The van der Waals surface area contributed by atoms with Crippen LogP contribution in [0, 0.1) is 0 Å². The van der Waals surface area contributed by atoms with Crippen LogP contribution in [0.15, 0.2) is 0 Å². The molecule has 1 heterocycles. The first-order valence-corrected chi connectivity index (χ1v) is 5.81. The maximum atomic E-state index is 8.75. The van der Waals surface area contributed by atoms with E-state index in [-0.39, 0.29) is 6.61 Å². The molecule has 0 radical (unpaired) electrons.